The van der Waals surface area contributed by atoms with Crippen molar-refractivity contribution in [3.05, 3.63) is 0 Å². The van der Waals surface area contributed by atoms with Crippen LogP contribution < -0.4 is 16.4 Å². The van der Waals surface area contributed by atoms with E-state index in [1.807, 2.05) is 0 Å². The molecule has 0 aliphatic heterocycles. The first-order valence-corrected chi connectivity index (χ1v) is 11.6. The molecule has 2 amide bonds. The van der Waals surface area contributed by atoms with Crippen LogP contribution in [0.2, 0.25) is 0 Å². The first kappa shape index (κ1) is 26.2. The number of carbonyl (C=O) groups is 2. The Morgan fingerprint density at radius 2 is 1.59 bits per heavy atom. The Morgan fingerprint density at radius 3 is 2.19 bits per heavy atom. The monoisotopic (exact) mass is 401 g/mol. The Labute approximate surface area is 171 Å². The molecule has 0 saturated carbocycles. The number of hydrogen-bond donors (Lipinski definition) is 3. The molecule has 2 atom stereocenters. The van der Waals surface area contributed by atoms with Crippen LogP contribution in [0.5, 0.6) is 0 Å². The number of thioether (sulfide) groups is 1. The van der Waals surface area contributed by atoms with Gasteiger partial charge in [-0.1, -0.05) is 54.4 Å². The van der Waals surface area contributed by atoms with Gasteiger partial charge in [-0.2, -0.15) is 11.8 Å². The normalized spacial score (nSPS) is 14.1. The number of nitrogens with one attached hydrogen (secondary N) is 2. The fraction of sp³-hybridized carbons (Fsp3) is 0.905. The molecule has 0 spiro atoms. The molecule has 160 valence electrons. The molecule has 0 aromatic carbocycles. The minimum Gasteiger partial charge on any atom is -0.354 e. The van der Waals surface area contributed by atoms with Crippen LogP contribution in [-0.2, 0) is 9.59 Å². The molecule has 0 unspecified atom stereocenters. The van der Waals surface area contributed by atoms with Crippen molar-refractivity contribution in [2.45, 2.75) is 79.7 Å². The fourth-order valence-electron chi connectivity index (χ4n) is 2.37. The van der Waals surface area contributed by atoms with Crippen molar-refractivity contribution < 1.29 is 9.59 Å². The lowest BCUT2D eigenvalue weighted by Crippen LogP contribution is -2.45. The Kier molecular flexibility index (Phi) is 13.9. The lowest BCUT2D eigenvalue weighted by Gasteiger charge is -2.17. The second kappa shape index (κ2) is 14.3. The van der Waals surface area contributed by atoms with Gasteiger partial charge in [0, 0.05) is 25.3 Å². The van der Waals surface area contributed by atoms with E-state index in [9.17, 15) is 9.59 Å². The quantitative estimate of drug-likeness (QED) is 0.389. The molecule has 0 rings (SSSR count). The molecule has 5 nitrogen and oxygen atoms in total. The summed E-state index contributed by atoms with van der Waals surface area (Å²) in [6.45, 7) is 14.2. The molecule has 27 heavy (non-hydrogen) atoms. The molecule has 0 saturated heterocycles. The van der Waals surface area contributed by atoms with Crippen molar-refractivity contribution in [1.29, 1.82) is 0 Å². The average molecular weight is 402 g/mol. The van der Waals surface area contributed by atoms with E-state index in [-0.39, 0.29) is 11.8 Å². The van der Waals surface area contributed by atoms with Gasteiger partial charge in [-0.05, 0) is 35.8 Å². The Morgan fingerprint density at radius 1 is 0.963 bits per heavy atom. The van der Waals surface area contributed by atoms with Crippen molar-refractivity contribution in [3.63, 3.8) is 0 Å². The Bertz CT molecular complexity index is 422. The summed E-state index contributed by atoms with van der Waals surface area (Å²) in [5, 5.41) is 5.65. The van der Waals surface area contributed by atoms with Gasteiger partial charge in [0.15, 0.2) is 0 Å². The van der Waals surface area contributed by atoms with Gasteiger partial charge in [0.25, 0.3) is 0 Å². The molecule has 0 bridgehead atoms. The number of carbonyl (C=O) groups excluding carboxylic acids is 2. The highest BCUT2D eigenvalue weighted by molar-refractivity contribution is 7.99. The van der Waals surface area contributed by atoms with Crippen molar-refractivity contribution in [3.8, 4) is 0 Å². The summed E-state index contributed by atoms with van der Waals surface area (Å²) in [5.74, 6) is 2.83. The second-order valence-electron chi connectivity index (χ2n) is 9.13. The number of hydrogen-bond acceptors (Lipinski definition) is 4. The van der Waals surface area contributed by atoms with E-state index >= 15 is 0 Å². The topological polar surface area (TPSA) is 84.2 Å². The van der Waals surface area contributed by atoms with Gasteiger partial charge >= 0.3 is 0 Å². The van der Waals surface area contributed by atoms with Crippen LogP contribution in [0.4, 0.5) is 0 Å². The molecule has 0 aliphatic carbocycles. The summed E-state index contributed by atoms with van der Waals surface area (Å²) in [6.07, 6.45) is 4.92. The van der Waals surface area contributed by atoms with Crippen LogP contribution in [0, 0.1) is 17.3 Å². The number of amides is 2. The summed E-state index contributed by atoms with van der Waals surface area (Å²) in [7, 11) is 0. The van der Waals surface area contributed by atoms with Gasteiger partial charge < -0.3 is 16.4 Å². The zero-order chi connectivity index (χ0) is 20.9. The summed E-state index contributed by atoms with van der Waals surface area (Å²) >= 11 is 1.73. The first-order valence-electron chi connectivity index (χ1n) is 10.4. The zero-order valence-corrected chi connectivity index (χ0v) is 19.2. The van der Waals surface area contributed by atoms with Crippen LogP contribution in [0.15, 0.2) is 0 Å². The minimum absolute atomic E-state index is 0.0579. The molecule has 0 radical (unpaired) electrons. The molecule has 0 aliphatic rings. The zero-order valence-electron chi connectivity index (χ0n) is 18.4. The Balaban J connectivity index is 3.66. The van der Waals surface area contributed by atoms with Crippen molar-refractivity contribution >= 4 is 23.6 Å². The van der Waals surface area contributed by atoms with E-state index in [1.54, 1.807) is 11.8 Å². The standard InChI is InChI=1S/C21H43N3O2S/c1-16(2)17(3)14-27-15-18(22)20(26)24-13-12-23-19(25)10-8-7-9-11-21(4,5)6/h16-18H,7-15,22H2,1-6H3,(H,23,25)(H,24,26)/t17-,18+/m1/s1. The molecular formula is C21H43N3O2S. The maximum atomic E-state index is 12.0. The van der Waals surface area contributed by atoms with Gasteiger partial charge in [-0.25, -0.2) is 0 Å². The van der Waals surface area contributed by atoms with Crippen LogP contribution in [0.25, 0.3) is 0 Å². The van der Waals surface area contributed by atoms with Crippen molar-refractivity contribution in [2.75, 3.05) is 24.6 Å². The van der Waals surface area contributed by atoms with Crippen LogP contribution >= 0.6 is 11.8 Å². The SMILES string of the molecule is CC(C)[C@H](C)CSC[C@H](N)C(=O)NCCNC(=O)CCCCCC(C)(C)C. The largest absolute Gasteiger partial charge is 0.354 e. The predicted molar refractivity (Wildman–Crippen MR) is 118 cm³/mol. The summed E-state index contributed by atoms with van der Waals surface area (Å²) in [4.78, 5) is 23.7. The van der Waals surface area contributed by atoms with Crippen LogP contribution in [0.3, 0.4) is 0 Å². The summed E-state index contributed by atoms with van der Waals surface area (Å²) < 4.78 is 0. The number of nitrogens with two attached hydrogens (primary N) is 1. The third-order valence-corrected chi connectivity index (χ3v) is 6.09. The van der Waals surface area contributed by atoms with Crippen LogP contribution in [0.1, 0.15) is 73.6 Å². The molecule has 0 heterocycles. The van der Waals surface area contributed by atoms with Gasteiger partial charge in [-0.3, -0.25) is 9.59 Å². The van der Waals surface area contributed by atoms with E-state index in [0.717, 1.165) is 18.6 Å². The highest BCUT2D eigenvalue weighted by Crippen LogP contribution is 2.22. The summed E-state index contributed by atoms with van der Waals surface area (Å²) in [5.41, 5.74) is 6.29. The first-order chi connectivity index (χ1) is 12.5. The van der Waals surface area contributed by atoms with Crippen molar-refractivity contribution in [2.24, 2.45) is 23.0 Å². The van der Waals surface area contributed by atoms with Crippen LogP contribution in [-0.4, -0.2) is 42.5 Å². The predicted octanol–water partition coefficient (Wildman–Crippen LogP) is 3.57. The molecule has 0 fully saturated rings. The highest BCUT2D eigenvalue weighted by atomic mass is 32.2. The third-order valence-electron chi connectivity index (χ3n) is 4.73. The lowest BCUT2D eigenvalue weighted by molar-refractivity contribution is -0.123. The molecular weight excluding hydrogens is 358 g/mol. The average Bonchev–Trinajstić information content (AvgIpc) is 2.56. The van der Waals surface area contributed by atoms with E-state index in [0.29, 0.717) is 42.5 Å². The van der Waals surface area contributed by atoms with Gasteiger partial charge in [0.2, 0.25) is 11.8 Å². The van der Waals surface area contributed by atoms with E-state index in [1.165, 1.54) is 12.8 Å². The highest BCUT2D eigenvalue weighted by Gasteiger charge is 2.14. The maximum absolute atomic E-state index is 12.0. The number of rotatable bonds is 14. The minimum atomic E-state index is -0.493. The second-order valence-corrected chi connectivity index (χ2v) is 10.2. The van der Waals surface area contributed by atoms with Gasteiger partial charge in [0.05, 0.1) is 6.04 Å². The van der Waals surface area contributed by atoms with E-state index in [4.69, 9.17) is 5.73 Å². The molecule has 6 heteroatoms. The van der Waals surface area contributed by atoms with E-state index in [2.05, 4.69) is 52.2 Å². The van der Waals surface area contributed by atoms with E-state index < -0.39 is 6.04 Å². The third kappa shape index (κ3) is 16.0. The maximum Gasteiger partial charge on any atom is 0.237 e. The van der Waals surface area contributed by atoms with Crippen molar-refractivity contribution in [1.82, 2.24) is 10.6 Å². The van der Waals surface area contributed by atoms with Gasteiger partial charge in [-0.15, -0.1) is 0 Å². The Hall–Kier alpha value is -0.750. The molecule has 0 aromatic rings. The molecule has 4 N–H and O–H groups in total. The summed E-state index contributed by atoms with van der Waals surface area (Å²) in [6, 6.07) is -0.493. The van der Waals surface area contributed by atoms with Gasteiger partial charge in [0.1, 0.15) is 0 Å². The fourth-order valence-corrected chi connectivity index (χ4v) is 3.67. The lowest BCUT2D eigenvalue weighted by atomic mass is 9.89. The number of unbranched alkanes of at least 4 members (excludes halogenated alkanes) is 2. The molecule has 0 aromatic heterocycles. The smallest absolute Gasteiger partial charge is 0.237 e.